The Kier molecular flexibility index (Phi) is 21.6. The minimum Gasteiger partial charge on any atom is -0.257 e. The van der Waals surface area contributed by atoms with Crippen LogP contribution < -0.4 is 0 Å². The van der Waals surface area contributed by atoms with Crippen LogP contribution in [0.15, 0.2) is 0 Å². The topological polar surface area (TPSA) is 116 Å². The van der Waals surface area contributed by atoms with Gasteiger partial charge in [-0.3, -0.25) is 15.0 Å². The molecule has 5 heterocycles. The summed E-state index contributed by atoms with van der Waals surface area (Å²) in [5.74, 6) is 4.21. The van der Waals surface area contributed by atoms with E-state index >= 15 is 0 Å². The quantitative estimate of drug-likeness (QED) is 0.171. The molecule has 0 unspecified atom stereocenters. The number of aromatic nitrogens is 9. The average molecular weight is 834 g/mol. The molecule has 0 spiro atoms. The molecule has 336 valence electrons. The van der Waals surface area contributed by atoms with E-state index in [0.29, 0.717) is 29.6 Å². The zero-order valence-corrected chi connectivity index (χ0v) is 43.4. The van der Waals surface area contributed by atoms with Crippen LogP contribution in [0, 0.1) is 111 Å². The van der Waals surface area contributed by atoms with Crippen molar-refractivity contribution in [2.24, 2.45) is 0 Å². The summed E-state index contributed by atoms with van der Waals surface area (Å²) in [5.41, 5.74) is 22.4. The molecule has 0 bridgehead atoms. The predicted molar refractivity (Wildman–Crippen MR) is 259 cm³/mol. The smallest absolute Gasteiger partial charge is 0.131 e. The third-order valence-electron chi connectivity index (χ3n) is 11.5. The number of hydrogen-bond acceptors (Lipinski definition) is 9. The average Bonchev–Trinajstić information content (AvgIpc) is 3.16. The highest BCUT2D eigenvalue weighted by Crippen LogP contribution is 2.24. The van der Waals surface area contributed by atoms with Gasteiger partial charge in [-0.15, -0.1) is 0 Å². The van der Waals surface area contributed by atoms with Crippen molar-refractivity contribution in [3.05, 3.63) is 119 Å². The minimum atomic E-state index is 0.419. The van der Waals surface area contributed by atoms with Crippen molar-refractivity contribution in [2.45, 2.75) is 210 Å². The zero-order chi connectivity index (χ0) is 47.4. The van der Waals surface area contributed by atoms with Crippen LogP contribution in [0.5, 0.6) is 0 Å². The molecule has 0 amide bonds. The van der Waals surface area contributed by atoms with Gasteiger partial charge in [-0.2, -0.15) is 10.2 Å². The molecule has 0 fully saturated rings. The molecule has 5 rings (SSSR count). The Labute approximate surface area is 372 Å². The van der Waals surface area contributed by atoms with E-state index in [9.17, 15) is 0 Å². The maximum absolute atomic E-state index is 4.63. The number of hydrogen-bond donors (Lipinski definition) is 0. The molecule has 0 atom stereocenters. The number of nitrogens with zero attached hydrogens (tertiary/aromatic N) is 9. The maximum Gasteiger partial charge on any atom is 0.131 e. The molecule has 5 aromatic heterocycles. The lowest BCUT2D eigenvalue weighted by Crippen LogP contribution is -2.03. The lowest BCUT2D eigenvalue weighted by Gasteiger charge is -2.15. The van der Waals surface area contributed by atoms with E-state index in [1.165, 1.54) is 56.0 Å². The Balaban J connectivity index is 0.000000381. The molecule has 9 heteroatoms. The van der Waals surface area contributed by atoms with Gasteiger partial charge in [0.25, 0.3) is 0 Å². The Hall–Kier alpha value is -4.53. The largest absolute Gasteiger partial charge is 0.257 e. The molecule has 0 N–H and O–H groups in total. The molecule has 0 aromatic carbocycles. The van der Waals surface area contributed by atoms with Crippen LogP contribution in [-0.2, 0) is 0 Å². The first-order valence-corrected chi connectivity index (χ1v) is 22.2. The third kappa shape index (κ3) is 15.7. The molecular formula is C52H83N9. The highest BCUT2D eigenvalue weighted by atomic mass is 15.1. The van der Waals surface area contributed by atoms with Crippen LogP contribution in [0.1, 0.15) is 218 Å². The van der Waals surface area contributed by atoms with Crippen LogP contribution in [0.25, 0.3) is 0 Å². The first-order valence-electron chi connectivity index (χ1n) is 22.2. The van der Waals surface area contributed by atoms with E-state index in [0.717, 1.165) is 62.9 Å². The van der Waals surface area contributed by atoms with Gasteiger partial charge in [0.15, 0.2) is 0 Å². The van der Waals surface area contributed by atoms with Crippen LogP contribution in [0.2, 0.25) is 0 Å². The Morgan fingerprint density at radius 1 is 0.230 bits per heavy atom. The fraction of sp³-hybridized carbons (Fsp3) is 0.596. The lowest BCUT2D eigenvalue weighted by molar-refractivity contribution is 0.753. The SMILES string of the molecule is Cc1nc(C(C)C)c(C)c(C)c1C.Cc1nc(C(C)C)nc(C)c1C.Cc1nc(C)c(C(C)C)nc1C.Cc1nc(C)c(C)c(C(C)C)n1.Cc1nnc(C(C)C)c(C)c1C. The first kappa shape index (κ1) is 54.5. The van der Waals surface area contributed by atoms with Gasteiger partial charge in [-0.1, -0.05) is 69.2 Å². The Bertz CT molecular complexity index is 2180. The molecule has 9 nitrogen and oxygen atoms in total. The second-order valence-corrected chi connectivity index (χ2v) is 18.3. The molecule has 5 aromatic rings. The first-order chi connectivity index (χ1) is 28.0. The van der Waals surface area contributed by atoms with Crippen molar-refractivity contribution in [1.29, 1.82) is 0 Å². The molecule has 0 aliphatic carbocycles. The van der Waals surface area contributed by atoms with Crippen molar-refractivity contribution in [3.8, 4) is 0 Å². The van der Waals surface area contributed by atoms with E-state index in [1.54, 1.807) is 0 Å². The summed E-state index contributed by atoms with van der Waals surface area (Å²) >= 11 is 0. The zero-order valence-electron chi connectivity index (χ0n) is 43.4. The fourth-order valence-electron chi connectivity index (χ4n) is 6.64. The summed E-state index contributed by atoms with van der Waals surface area (Å²) in [6.45, 7) is 54.6. The van der Waals surface area contributed by atoms with Crippen LogP contribution >= 0.6 is 0 Å². The van der Waals surface area contributed by atoms with Gasteiger partial charge in [-0.05, 0) is 173 Å². The van der Waals surface area contributed by atoms with Crippen molar-refractivity contribution in [2.75, 3.05) is 0 Å². The summed E-state index contributed by atoms with van der Waals surface area (Å²) < 4.78 is 0. The van der Waals surface area contributed by atoms with E-state index in [-0.39, 0.29) is 0 Å². The van der Waals surface area contributed by atoms with Gasteiger partial charge in [-0.25, -0.2) is 19.9 Å². The molecule has 0 radical (unpaired) electrons. The van der Waals surface area contributed by atoms with Crippen LogP contribution in [0.4, 0.5) is 0 Å². The maximum atomic E-state index is 4.63. The van der Waals surface area contributed by atoms with Crippen molar-refractivity contribution < 1.29 is 0 Å². The summed E-state index contributed by atoms with van der Waals surface area (Å²) in [5, 5.41) is 8.30. The number of rotatable bonds is 5. The normalized spacial score (nSPS) is 10.9. The van der Waals surface area contributed by atoms with Gasteiger partial charge in [0.05, 0.1) is 34.2 Å². The second-order valence-electron chi connectivity index (χ2n) is 18.3. The molecular weight excluding hydrogens is 751 g/mol. The molecule has 0 aliphatic heterocycles. The van der Waals surface area contributed by atoms with Crippen molar-refractivity contribution in [3.63, 3.8) is 0 Å². The van der Waals surface area contributed by atoms with E-state index < -0.39 is 0 Å². The fourth-order valence-corrected chi connectivity index (χ4v) is 6.64. The number of aryl methyl sites for hydroxylation is 9. The lowest BCUT2D eigenvalue weighted by atomic mass is 9.97. The Morgan fingerprint density at radius 3 is 1.07 bits per heavy atom. The van der Waals surface area contributed by atoms with E-state index in [2.05, 4.69) is 170 Å². The summed E-state index contributed by atoms with van der Waals surface area (Å²) in [7, 11) is 0. The second kappa shape index (κ2) is 24.2. The third-order valence-corrected chi connectivity index (χ3v) is 11.5. The molecule has 61 heavy (non-hydrogen) atoms. The molecule has 0 saturated heterocycles. The van der Waals surface area contributed by atoms with Crippen LogP contribution in [-0.4, -0.2) is 45.1 Å². The van der Waals surface area contributed by atoms with Gasteiger partial charge in [0.2, 0.25) is 0 Å². The van der Waals surface area contributed by atoms with Gasteiger partial charge < -0.3 is 0 Å². The highest BCUT2D eigenvalue weighted by Gasteiger charge is 2.13. The minimum absolute atomic E-state index is 0.419. The van der Waals surface area contributed by atoms with E-state index in [1.807, 2.05) is 55.4 Å². The summed E-state index contributed by atoms with van der Waals surface area (Å²) in [6.07, 6.45) is 0. The summed E-state index contributed by atoms with van der Waals surface area (Å²) in [4.78, 5) is 31.1. The predicted octanol–water partition coefficient (Wildman–Crippen LogP) is 13.5. The van der Waals surface area contributed by atoms with E-state index in [4.69, 9.17) is 0 Å². The monoisotopic (exact) mass is 834 g/mol. The van der Waals surface area contributed by atoms with Crippen molar-refractivity contribution >= 4 is 0 Å². The van der Waals surface area contributed by atoms with Crippen LogP contribution in [0.3, 0.4) is 0 Å². The van der Waals surface area contributed by atoms with Gasteiger partial charge in [0.1, 0.15) is 11.6 Å². The highest BCUT2D eigenvalue weighted by molar-refractivity contribution is 5.38. The molecule has 0 aliphatic rings. The number of pyridine rings is 1. The summed E-state index contributed by atoms with van der Waals surface area (Å²) in [6, 6.07) is 0. The Morgan fingerprint density at radius 2 is 0.607 bits per heavy atom. The van der Waals surface area contributed by atoms with Crippen molar-refractivity contribution in [1.82, 2.24) is 45.1 Å². The standard InChI is InChI=1S/C12H19N.4C10H16N2/c1-7(2)12-10(5)8(3)9(4)11(6)13-12;1-6(2)10-9(5)11-7(3)8(4)12-10;1-6(2)10-7(3)8(4)11-9(5)12-10;1-6(2)10-11-8(4)7(3)9(5)12-10;1-6(2)10-8(4)7(3)9(5)11-12-10/h7H,1-6H3;4*6H,1-5H3. The van der Waals surface area contributed by atoms with Gasteiger partial charge >= 0.3 is 0 Å². The van der Waals surface area contributed by atoms with Gasteiger partial charge in [0, 0.05) is 40.1 Å². The molecule has 0 saturated carbocycles.